The Hall–Kier alpha value is -1.41. The number of halogens is 2. The Kier molecular flexibility index (Phi) is 4.77. The lowest BCUT2D eigenvalue weighted by Gasteiger charge is -2.08. The minimum Gasteiger partial charge on any atom is -0.478 e. The lowest BCUT2D eigenvalue weighted by Crippen LogP contribution is -2.14. The Morgan fingerprint density at radius 1 is 1.15 bits per heavy atom. The molecule has 0 bridgehead atoms. The predicted octanol–water partition coefficient (Wildman–Crippen LogP) is 4.00. The standard InChI is InChI=1S/C14H9BrINO3/c15-9-4-5-12(16)11(7-9)13(18)17-10-3-1-2-8(6-10)14(19)20/h1-7H,(H,17,18)(H,19,20). The predicted molar refractivity (Wildman–Crippen MR) is 88.2 cm³/mol. The molecule has 0 radical (unpaired) electrons. The molecule has 0 fully saturated rings. The Balaban J connectivity index is 2.25. The van der Waals surface area contributed by atoms with Crippen molar-refractivity contribution in [1.29, 1.82) is 0 Å². The van der Waals surface area contributed by atoms with Crippen molar-refractivity contribution in [3.05, 3.63) is 61.6 Å². The fourth-order valence-electron chi connectivity index (χ4n) is 1.60. The molecular weight excluding hydrogens is 437 g/mol. The van der Waals surface area contributed by atoms with Crippen LogP contribution in [0.25, 0.3) is 0 Å². The van der Waals surface area contributed by atoms with Crippen molar-refractivity contribution >= 4 is 56.1 Å². The van der Waals surface area contributed by atoms with Gasteiger partial charge in [-0.05, 0) is 59.0 Å². The van der Waals surface area contributed by atoms with Crippen LogP contribution in [0.1, 0.15) is 20.7 Å². The van der Waals surface area contributed by atoms with Crippen LogP contribution in [0, 0.1) is 3.57 Å². The van der Waals surface area contributed by atoms with E-state index in [2.05, 4.69) is 43.8 Å². The summed E-state index contributed by atoms with van der Waals surface area (Å²) >= 11 is 5.40. The summed E-state index contributed by atoms with van der Waals surface area (Å²) in [7, 11) is 0. The van der Waals surface area contributed by atoms with Gasteiger partial charge in [-0.2, -0.15) is 0 Å². The normalized spacial score (nSPS) is 10.1. The Morgan fingerprint density at radius 3 is 2.60 bits per heavy atom. The molecule has 2 aromatic rings. The molecule has 0 saturated carbocycles. The van der Waals surface area contributed by atoms with Crippen molar-refractivity contribution in [2.24, 2.45) is 0 Å². The molecule has 20 heavy (non-hydrogen) atoms. The average Bonchev–Trinajstić information content (AvgIpc) is 2.41. The van der Waals surface area contributed by atoms with E-state index in [0.717, 1.165) is 8.04 Å². The van der Waals surface area contributed by atoms with Crippen LogP contribution in [0.15, 0.2) is 46.9 Å². The van der Waals surface area contributed by atoms with Gasteiger partial charge in [-0.15, -0.1) is 0 Å². The van der Waals surface area contributed by atoms with E-state index in [1.54, 1.807) is 18.2 Å². The quantitative estimate of drug-likeness (QED) is 0.701. The third kappa shape index (κ3) is 3.57. The van der Waals surface area contributed by atoms with Crippen molar-refractivity contribution in [1.82, 2.24) is 0 Å². The van der Waals surface area contributed by atoms with Crippen LogP contribution in [0.3, 0.4) is 0 Å². The first kappa shape index (κ1) is 15.0. The van der Waals surface area contributed by atoms with E-state index >= 15 is 0 Å². The fourth-order valence-corrected chi connectivity index (χ4v) is 2.54. The Labute approximate surface area is 137 Å². The van der Waals surface area contributed by atoms with Crippen LogP contribution in [0.4, 0.5) is 5.69 Å². The highest BCUT2D eigenvalue weighted by Gasteiger charge is 2.11. The third-order valence-corrected chi connectivity index (χ3v) is 3.97. The van der Waals surface area contributed by atoms with Crippen molar-refractivity contribution in [2.45, 2.75) is 0 Å². The van der Waals surface area contributed by atoms with Crippen LogP contribution in [0.5, 0.6) is 0 Å². The number of carboxylic acids is 1. The highest BCUT2D eigenvalue weighted by molar-refractivity contribution is 14.1. The van der Waals surface area contributed by atoms with E-state index in [-0.39, 0.29) is 11.5 Å². The zero-order valence-electron chi connectivity index (χ0n) is 10.1. The first-order valence-corrected chi connectivity index (χ1v) is 7.44. The molecule has 0 aliphatic carbocycles. The van der Waals surface area contributed by atoms with Crippen molar-refractivity contribution in [3.63, 3.8) is 0 Å². The van der Waals surface area contributed by atoms with Crippen LogP contribution < -0.4 is 5.32 Å². The molecule has 0 aliphatic heterocycles. The molecule has 0 aliphatic rings. The molecule has 0 atom stereocenters. The van der Waals surface area contributed by atoms with Gasteiger partial charge in [0.25, 0.3) is 5.91 Å². The lowest BCUT2D eigenvalue weighted by atomic mass is 10.2. The van der Waals surface area contributed by atoms with E-state index in [1.807, 2.05) is 12.1 Å². The lowest BCUT2D eigenvalue weighted by molar-refractivity contribution is 0.0696. The molecule has 1 amide bonds. The van der Waals surface area contributed by atoms with E-state index in [1.165, 1.54) is 12.1 Å². The first-order valence-electron chi connectivity index (χ1n) is 5.57. The van der Waals surface area contributed by atoms with Crippen LogP contribution in [0.2, 0.25) is 0 Å². The molecule has 102 valence electrons. The summed E-state index contributed by atoms with van der Waals surface area (Å²) in [5, 5.41) is 11.6. The van der Waals surface area contributed by atoms with Gasteiger partial charge in [-0.1, -0.05) is 22.0 Å². The van der Waals surface area contributed by atoms with Crippen LogP contribution in [-0.2, 0) is 0 Å². The second-order valence-corrected chi connectivity index (χ2v) is 6.04. The largest absolute Gasteiger partial charge is 0.478 e. The van der Waals surface area contributed by atoms with Gasteiger partial charge in [-0.25, -0.2) is 4.79 Å². The Bertz CT molecular complexity index is 688. The number of aromatic carboxylic acids is 1. The molecule has 0 spiro atoms. The van der Waals surface area contributed by atoms with E-state index < -0.39 is 5.97 Å². The van der Waals surface area contributed by atoms with Crippen LogP contribution in [-0.4, -0.2) is 17.0 Å². The van der Waals surface area contributed by atoms with Gasteiger partial charge < -0.3 is 10.4 Å². The average molecular weight is 446 g/mol. The van der Waals surface area contributed by atoms with Crippen molar-refractivity contribution in [2.75, 3.05) is 5.32 Å². The number of benzene rings is 2. The van der Waals surface area contributed by atoms with Gasteiger partial charge in [0.15, 0.2) is 0 Å². The SMILES string of the molecule is O=C(O)c1cccc(NC(=O)c2cc(Br)ccc2I)c1. The smallest absolute Gasteiger partial charge is 0.335 e. The monoisotopic (exact) mass is 445 g/mol. The number of anilines is 1. The summed E-state index contributed by atoms with van der Waals surface area (Å²) in [6, 6.07) is 11.5. The molecule has 0 aromatic heterocycles. The number of amides is 1. The summed E-state index contributed by atoms with van der Waals surface area (Å²) in [4.78, 5) is 23.1. The molecule has 0 saturated heterocycles. The molecular formula is C14H9BrINO3. The van der Waals surface area contributed by atoms with Gasteiger partial charge in [0.05, 0.1) is 11.1 Å². The Morgan fingerprint density at radius 2 is 1.90 bits per heavy atom. The molecule has 0 heterocycles. The summed E-state index contributed by atoms with van der Waals surface area (Å²) < 4.78 is 1.63. The van der Waals surface area contributed by atoms with E-state index in [0.29, 0.717) is 11.3 Å². The molecule has 4 nitrogen and oxygen atoms in total. The van der Waals surface area contributed by atoms with E-state index in [4.69, 9.17) is 5.11 Å². The number of rotatable bonds is 3. The zero-order valence-corrected chi connectivity index (χ0v) is 13.8. The highest BCUT2D eigenvalue weighted by Crippen LogP contribution is 2.20. The number of carbonyl (C=O) groups is 2. The van der Waals surface area contributed by atoms with Gasteiger partial charge >= 0.3 is 5.97 Å². The second kappa shape index (κ2) is 6.36. The minimum atomic E-state index is -1.03. The molecule has 2 N–H and O–H groups in total. The summed E-state index contributed by atoms with van der Waals surface area (Å²) in [5.41, 5.74) is 1.11. The number of carboxylic acid groups (broad SMARTS) is 1. The van der Waals surface area contributed by atoms with Gasteiger partial charge in [0.2, 0.25) is 0 Å². The zero-order chi connectivity index (χ0) is 14.7. The number of carbonyl (C=O) groups excluding carboxylic acids is 1. The number of nitrogens with one attached hydrogen (secondary N) is 1. The molecule has 2 rings (SSSR count). The maximum atomic E-state index is 12.2. The topological polar surface area (TPSA) is 66.4 Å². The van der Waals surface area contributed by atoms with Gasteiger partial charge in [0, 0.05) is 13.7 Å². The summed E-state index contributed by atoms with van der Waals surface area (Å²) in [5.74, 6) is -1.31. The van der Waals surface area contributed by atoms with Crippen molar-refractivity contribution < 1.29 is 14.7 Å². The van der Waals surface area contributed by atoms with Gasteiger partial charge in [0.1, 0.15) is 0 Å². The maximum absolute atomic E-state index is 12.2. The highest BCUT2D eigenvalue weighted by atomic mass is 127. The number of hydrogen-bond acceptors (Lipinski definition) is 2. The van der Waals surface area contributed by atoms with Crippen LogP contribution >= 0.6 is 38.5 Å². The van der Waals surface area contributed by atoms with Gasteiger partial charge in [-0.3, -0.25) is 4.79 Å². The third-order valence-electron chi connectivity index (χ3n) is 2.54. The van der Waals surface area contributed by atoms with E-state index in [9.17, 15) is 9.59 Å². The summed E-state index contributed by atoms with van der Waals surface area (Å²) in [6.07, 6.45) is 0. The maximum Gasteiger partial charge on any atom is 0.335 e. The second-order valence-electron chi connectivity index (χ2n) is 3.96. The molecule has 6 heteroatoms. The van der Waals surface area contributed by atoms with Crippen molar-refractivity contribution in [3.8, 4) is 0 Å². The minimum absolute atomic E-state index is 0.131. The molecule has 0 unspecified atom stereocenters. The fraction of sp³-hybridized carbons (Fsp3) is 0. The number of hydrogen-bond donors (Lipinski definition) is 2. The first-order chi connectivity index (χ1) is 9.47. The summed E-state index contributed by atoms with van der Waals surface area (Å²) in [6.45, 7) is 0. The molecule has 2 aromatic carbocycles.